The van der Waals surface area contributed by atoms with Gasteiger partial charge in [-0.3, -0.25) is 4.98 Å². The van der Waals surface area contributed by atoms with Gasteiger partial charge < -0.3 is 9.64 Å². The molecule has 116 valence electrons. The van der Waals surface area contributed by atoms with E-state index in [0.717, 1.165) is 35.4 Å². The van der Waals surface area contributed by atoms with Gasteiger partial charge in [-0.15, -0.1) is 0 Å². The van der Waals surface area contributed by atoms with Gasteiger partial charge in [0, 0.05) is 31.1 Å². The molecule has 0 N–H and O–H groups in total. The van der Waals surface area contributed by atoms with Crippen molar-refractivity contribution in [2.75, 3.05) is 18.0 Å². The summed E-state index contributed by atoms with van der Waals surface area (Å²) < 4.78 is 5.77. The fourth-order valence-electron chi connectivity index (χ4n) is 2.58. The molecule has 3 heterocycles. The lowest BCUT2D eigenvalue weighted by Crippen LogP contribution is -2.45. The van der Waals surface area contributed by atoms with Crippen LogP contribution in [0.5, 0.6) is 0 Å². The molecule has 1 fully saturated rings. The van der Waals surface area contributed by atoms with Crippen LogP contribution in [-0.4, -0.2) is 40.2 Å². The summed E-state index contributed by atoms with van der Waals surface area (Å²) in [5, 5.41) is 0.974. The number of hydrogen-bond acceptors (Lipinski definition) is 6. The second-order valence-electron chi connectivity index (χ2n) is 5.49. The number of nitrogens with zero attached hydrogens (tertiary/aromatic N) is 4. The van der Waals surface area contributed by atoms with Crippen LogP contribution < -0.4 is 4.90 Å². The maximum atomic E-state index is 5.77. The first kappa shape index (κ1) is 15.2. The van der Waals surface area contributed by atoms with Crippen molar-refractivity contribution >= 4 is 17.6 Å². The van der Waals surface area contributed by atoms with E-state index < -0.39 is 0 Å². The lowest BCUT2D eigenvalue weighted by atomic mass is 10.2. The molecule has 2 aromatic heterocycles. The summed E-state index contributed by atoms with van der Waals surface area (Å²) in [5.74, 6) is 1.79. The van der Waals surface area contributed by atoms with Crippen molar-refractivity contribution in [3.05, 3.63) is 42.5 Å². The van der Waals surface area contributed by atoms with E-state index in [9.17, 15) is 0 Å². The van der Waals surface area contributed by atoms with Gasteiger partial charge in [0.15, 0.2) is 0 Å². The van der Waals surface area contributed by atoms with E-state index in [0.29, 0.717) is 0 Å². The minimum absolute atomic E-state index is 0.225. The number of ether oxygens (including phenoxy) is 1. The Labute approximate surface area is 135 Å². The molecular weight excluding hydrogens is 296 g/mol. The lowest BCUT2D eigenvalue weighted by Gasteiger charge is -2.36. The highest BCUT2D eigenvalue weighted by Gasteiger charge is 2.23. The molecule has 0 spiro atoms. The van der Waals surface area contributed by atoms with E-state index in [1.54, 1.807) is 18.1 Å². The predicted octanol–water partition coefficient (Wildman–Crippen LogP) is 2.78. The highest BCUT2D eigenvalue weighted by molar-refractivity contribution is 7.98. The van der Waals surface area contributed by atoms with Gasteiger partial charge >= 0.3 is 0 Å². The van der Waals surface area contributed by atoms with E-state index in [4.69, 9.17) is 4.74 Å². The van der Waals surface area contributed by atoms with Gasteiger partial charge in [0.25, 0.3) is 0 Å². The van der Waals surface area contributed by atoms with Gasteiger partial charge in [-0.05, 0) is 26.0 Å². The van der Waals surface area contributed by atoms with E-state index in [2.05, 4.69) is 39.8 Å². The molecule has 3 rings (SSSR count). The maximum absolute atomic E-state index is 5.77. The van der Waals surface area contributed by atoms with Crippen LogP contribution in [0.4, 0.5) is 5.82 Å². The van der Waals surface area contributed by atoms with Gasteiger partial charge in [0.2, 0.25) is 0 Å². The van der Waals surface area contributed by atoms with Crippen molar-refractivity contribution in [2.24, 2.45) is 0 Å². The molecule has 1 saturated heterocycles. The summed E-state index contributed by atoms with van der Waals surface area (Å²) in [5.41, 5.74) is 1.06. The van der Waals surface area contributed by atoms with Crippen LogP contribution in [-0.2, 0) is 10.5 Å². The summed E-state index contributed by atoms with van der Waals surface area (Å²) in [6.45, 7) is 5.93. The number of aromatic nitrogens is 3. The first-order valence-corrected chi connectivity index (χ1v) is 8.44. The van der Waals surface area contributed by atoms with Crippen molar-refractivity contribution in [1.29, 1.82) is 0 Å². The molecule has 0 radical (unpaired) electrons. The lowest BCUT2D eigenvalue weighted by molar-refractivity contribution is -0.00548. The standard InChI is InChI=1S/C16H20N4OS/c1-12-8-20(9-13(2)21-12)15-7-16(19-11-18-15)22-10-14-5-3-4-6-17-14/h3-7,11-13H,8-10H2,1-2H3. The average Bonchev–Trinajstić information content (AvgIpc) is 2.53. The number of morpholine rings is 1. The van der Waals surface area contributed by atoms with Crippen molar-refractivity contribution < 1.29 is 4.74 Å². The zero-order valence-corrected chi connectivity index (χ0v) is 13.7. The van der Waals surface area contributed by atoms with Crippen LogP contribution in [0.2, 0.25) is 0 Å². The zero-order chi connectivity index (χ0) is 15.4. The van der Waals surface area contributed by atoms with E-state index in [-0.39, 0.29) is 12.2 Å². The second kappa shape index (κ2) is 7.07. The fourth-order valence-corrected chi connectivity index (χ4v) is 3.36. The number of pyridine rings is 1. The molecule has 1 aliphatic heterocycles. The zero-order valence-electron chi connectivity index (χ0n) is 12.8. The summed E-state index contributed by atoms with van der Waals surface area (Å²) in [6.07, 6.45) is 3.91. The van der Waals surface area contributed by atoms with E-state index in [1.165, 1.54) is 0 Å². The highest BCUT2D eigenvalue weighted by atomic mass is 32.2. The molecular formula is C16H20N4OS. The minimum atomic E-state index is 0.225. The Hall–Kier alpha value is -1.66. The van der Waals surface area contributed by atoms with Crippen molar-refractivity contribution in [1.82, 2.24) is 15.0 Å². The Morgan fingerprint density at radius 2 is 2.00 bits per heavy atom. The second-order valence-corrected chi connectivity index (χ2v) is 6.48. The monoisotopic (exact) mass is 316 g/mol. The number of anilines is 1. The fraction of sp³-hybridized carbons (Fsp3) is 0.438. The maximum Gasteiger partial charge on any atom is 0.133 e. The van der Waals surface area contributed by atoms with Crippen LogP contribution in [0.1, 0.15) is 19.5 Å². The Balaban J connectivity index is 1.67. The van der Waals surface area contributed by atoms with E-state index in [1.807, 2.05) is 24.4 Å². The molecule has 6 heteroatoms. The van der Waals surface area contributed by atoms with Gasteiger partial charge in [0.05, 0.1) is 17.9 Å². The quantitative estimate of drug-likeness (QED) is 0.638. The Bertz CT molecular complexity index is 600. The first-order valence-electron chi connectivity index (χ1n) is 7.46. The number of rotatable bonds is 4. The summed E-state index contributed by atoms with van der Waals surface area (Å²) in [6, 6.07) is 8.02. The van der Waals surface area contributed by atoms with Gasteiger partial charge in [0.1, 0.15) is 17.2 Å². The van der Waals surface area contributed by atoms with Crippen molar-refractivity contribution in [3.63, 3.8) is 0 Å². The summed E-state index contributed by atoms with van der Waals surface area (Å²) in [7, 11) is 0. The molecule has 1 aliphatic rings. The number of thioether (sulfide) groups is 1. The molecule has 0 bridgehead atoms. The first-order chi connectivity index (χ1) is 10.7. The molecule has 5 nitrogen and oxygen atoms in total. The largest absolute Gasteiger partial charge is 0.372 e. The van der Waals surface area contributed by atoms with Gasteiger partial charge in [-0.25, -0.2) is 9.97 Å². The SMILES string of the molecule is CC1CN(c2cc(SCc3ccccn3)ncn2)CC(C)O1. The molecule has 0 saturated carbocycles. The predicted molar refractivity (Wildman–Crippen MR) is 88.1 cm³/mol. The van der Waals surface area contributed by atoms with Crippen molar-refractivity contribution in [2.45, 2.75) is 36.8 Å². The third-order valence-corrected chi connectivity index (χ3v) is 4.42. The smallest absolute Gasteiger partial charge is 0.133 e. The summed E-state index contributed by atoms with van der Waals surface area (Å²) >= 11 is 1.68. The van der Waals surface area contributed by atoms with Crippen LogP contribution >= 0.6 is 11.8 Å². The molecule has 2 aromatic rings. The molecule has 2 atom stereocenters. The molecule has 0 aliphatic carbocycles. The topological polar surface area (TPSA) is 51.1 Å². The third kappa shape index (κ3) is 3.96. The molecule has 2 unspecified atom stereocenters. The van der Waals surface area contributed by atoms with Gasteiger partial charge in [-0.2, -0.15) is 0 Å². The van der Waals surface area contributed by atoms with Gasteiger partial charge in [-0.1, -0.05) is 17.8 Å². The Kier molecular flexibility index (Phi) is 4.90. The van der Waals surface area contributed by atoms with Crippen LogP contribution in [0.25, 0.3) is 0 Å². The van der Waals surface area contributed by atoms with Crippen molar-refractivity contribution in [3.8, 4) is 0 Å². The van der Waals surface area contributed by atoms with Crippen LogP contribution in [0.3, 0.4) is 0 Å². The molecule has 0 amide bonds. The normalized spacial score (nSPS) is 21.8. The highest BCUT2D eigenvalue weighted by Crippen LogP contribution is 2.24. The van der Waals surface area contributed by atoms with E-state index >= 15 is 0 Å². The molecule has 22 heavy (non-hydrogen) atoms. The summed E-state index contributed by atoms with van der Waals surface area (Å²) in [4.78, 5) is 15.4. The Morgan fingerprint density at radius 3 is 2.73 bits per heavy atom. The Morgan fingerprint density at radius 1 is 1.18 bits per heavy atom. The average molecular weight is 316 g/mol. The number of hydrogen-bond donors (Lipinski definition) is 0. The van der Waals surface area contributed by atoms with Crippen LogP contribution in [0, 0.1) is 0 Å². The third-order valence-electron chi connectivity index (χ3n) is 3.47. The van der Waals surface area contributed by atoms with Crippen LogP contribution in [0.15, 0.2) is 41.8 Å². The minimum Gasteiger partial charge on any atom is -0.372 e. The molecule has 0 aromatic carbocycles.